The lowest BCUT2D eigenvalue weighted by atomic mass is 10.1. The van der Waals surface area contributed by atoms with Crippen molar-refractivity contribution < 1.29 is 30.7 Å². The number of aromatic nitrogens is 3. The lowest BCUT2D eigenvalue weighted by Gasteiger charge is -2.30. The largest absolute Gasteiger partial charge is 0.434 e. The van der Waals surface area contributed by atoms with E-state index in [0.717, 1.165) is 36.6 Å². The minimum atomic E-state index is -4.78. The minimum absolute atomic E-state index is 0.0195. The third-order valence-electron chi connectivity index (χ3n) is 6.38. The van der Waals surface area contributed by atoms with Crippen molar-refractivity contribution in [1.82, 2.24) is 24.2 Å². The summed E-state index contributed by atoms with van der Waals surface area (Å²) in [6, 6.07) is -0.199. The Hall–Kier alpha value is -1.94. The van der Waals surface area contributed by atoms with Gasteiger partial charge in [0.1, 0.15) is 10.7 Å². The van der Waals surface area contributed by atoms with Gasteiger partial charge in [-0.1, -0.05) is 0 Å². The van der Waals surface area contributed by atoms with Crippen LogP contribution in [0.2, 0.25) is 0 Å². The Kier molecular flexibility index (Phi) is 8.14. The number of sulfonamides is 1. The monoisotopic (exact) mass is 552 g/mol. The molecular formula is C21H28F4N6O3S2. The molecule has 2 saturated heterocycles. The zero-order valence-electron chi connectivity index (χ0n) is 19.9. The molecule has 0 amide bonds. The molecule has 2 aliphatic rings. The van der Waals surface area contributed by atoms with Gasteiger partial charge < -0.3 is 10.1 Å². The Bertz CT molecular complexity index is 1160. The predicted octanol–water partition coefficient (Wildman–Crippen LogP) is 3.20. The second kappa shape index (κ2) is 10.8. The van der Waals surface area contributed by atoms with E-state index in [0.29, 0.717) is 39.0 Å². The maximum atomic E-state index is 14.7. The van der Waals surface area contributed by atoms with E-state index in [9.17, 15) is 26.0 Å². The Morgan fingerprint density at radius 3 is 2.39 bits per heavy atom. The average molecular weight is 553 g/mol. The van der Waals surface area contributed by atoms with Crippen LogP contribution in [0, 0.1) is 5.82 Å². The van der Waals surface area contributed by atoms with Crippen molar-refractivity contribution in [2.75, 3.05) is 44.9 Å². The van der Waals surface area contributed by atoms with E-state index in [-0.39, 0.29) is 34.5 Å². The number of nitrogens with zero attached hydrogens (tertiary/aromatic N) is 5. The number of piperidine rings is 2. The van der Waals surface area contributed by atoms with Crippen LogP contribution in [-0.4, -0.2) is 84.3 Å². The van der Waals surface area contributed by atoms with E-state index in [1.165, 1.54) is 4.31 Å². The molecule has 9 nitrogen and oxygen atoms in total. The molecule has 15 heteroatoms. The van der Waals surface area contributed by atoms with Gasteiger partial charge in [-0.15, -0.1) is 11.3 Å². The first-order chi connectivity index (χ1) is 16.9. The molecule has 0 saturated carbocycles. The Morgan fingerprint density at radius 1 is 1.14 bits per heavy atom. The van der Waals surface area contributed by atoms with E-state index in [1.54, 1.807) is 7.11 Å². The fourth-order valence-corrected chi connectivity index (χ4v) is 6.38. The number of alkyl halides is 3. The summed E-state index contributed by atoms with van der Waals surface area (Å²) < 4.78 is 86.3. The van der Waals surface area contributed by atoms with Crippen LogP contribution in [0.15, 0.2) is 6.20 Å². The topological polar surface area (TPSA) is 101 Å². The molecule has 0 unspecified atom stereocenters. The van der Waals surface area contributed by atoms with Gasteiger partial charge in [-0.25, -0.2) is 32.1 Å². The van der Waals surface area contributed by atoms with E-state index in [4.69, 9.17) is 4.74 Å². The first-order valence-corrected chi connectivity index (χ1v) is 14.2. The third kappa shape index (κ3) is 6.49. The zero-order valence-corrected chi connectivity index (χ0v) is 21.5. The van der Waals surface area contributed by atoms with Crippen molar-refractivity contribution in [3.8, 4) is 10.6 Å². The second-order valence-electron chi connectivity index (χ2n) is 8.97. The molecule has 36 heavy (non-hydrogen) atoms. The summed E-state index contributed by atoms with van der Waals surface area (Å²) in [5.41, 5.74) is -1.63. The molecular weight excluding hydrogens is 524 g/mol. The van der Waals surface area contributed by atoms with Crippen molar-refractivity contribution in [2.45, 2.75) is 50.6 Å². The van der Waals surface area contributed by atoms with Gasteiger partial charge in [0.05, 0.1) is 30.0 Å². The van der Waals surface area contributed by atoms with E-state index >= 15 is 0 Å². The van der Waals surface area contributed by atoms with Gasteiger partial charge in [-0.3, -0.25) is 4.90 Å². The van der Waals surface area contributed by atoms with Crippen LogP contribution >= 0.6 is 11.3 Å². The SMILES string of the molecule is COC1CCN(Cc2nc(C(F)(F)F)c(-c3nc(NC4CCN(S(C)(=O)=O)CC4)ncc3F)s2)CC1. The van der Waals surface area contributed by atoms with Gasteiger partial charge in [0.15, 0.2) is 11.5 Å². The smallest absolute Gasteiger partial charge is 0.381 e. The van der Waals surface area contributed by atoms with E-state index in [2.05, 4.69) is 20.3 Å². The molecule has 4 heterocycles. The molecule has 2 aromatic rings. The maximum absolute atomic E-state index is 14.7. The average Bonchev–Trinajstić information content (AvgIpc) is 3.25. The van der Waals surface area contributed by atoms with Crippen molar-refractivity contribution in [3.63, 3.8) is 0 Å². The highest BCUT2D eigenvalue weighted by molar-refractivity contribution is 7.88. The summed E-state index contributed by atoms with van der Waals surface area (Å²) in [5, 5.41) is 3.23. The molecule has 0 radical (unpaired) electrons. The molecule has 2 fully saturated rings. The van der Waals surface area contributed by atoms with Crippen molar-refractivity contribution in [2.24, 2.45) is 0 Å². The molecule has 2 aliphatic heterocycles. The fourth-order valence-electron chi connectivity index (χ4n) is 4.39. The summed E-state index contributed by atoms with van der Waals surface area (Å²) in [5.74, 6) is -0.997. The Labute approximate surface area is 210 Å². The molecule has 0 spiro atoms. The van der Waals surface area contributed by atoms with Gasteiger partial charge >= 0.3 is 6.18 Å². The third-order valence-corrected chi connectivity index (χ3v) is 8.73. The first kappa shape index (κ1) is 27.1. The molecule has 200 valence electrons. The molecule has 1 N–H and O–H groups in total. The highest BCUT2D eigenvalue weighted by atomic mass is 32.2. The van der Waals surface area contributed by atoms with Crippen molar-refractivity contribution in [3.05, 3.63) is 22.7 Å². The molecule has 4 rings (SSSR count). The van der Waals surface area contributed by atoms with Crippen LogP contribution in [0.1, 0.15) is 36.4 Å². The van der Waals surface area contributed by atoms with Crippen LogP contribution in [0.5, 0.6) is 0 Å². The van der Waals surface area contributed by atoms with Gasteiger partial charge in [-0.05, 0) is 25.7 Å². The molecule has 0 aromatic carbocycles. The van der Waals surface area contributed by atoms with Crippen LogP contribution in [0.4, 0.5) is 23.5 Å². The summed E-state index contributed by atoms with van der Waals surface area (Å²) in [7, 11) is -1.66. The Balaban J connectivity index is 1.53. The number of ether oxygens (including phenoxy) is 1. The van der Waals surface area contributed by atoms with Crippen LogP contribution in [0.3, 0.4) is 0 Å². The molecule has 0 atom stereocenters. The van der Waals surface area contributed by atoms with Crippen LogP contribution < -0.4 is 5.32 Å². The molecule has 0 bridgehead atoms. The van der Waals surface area contributed by atoms with E-state index in [1.807, 2.05) is 4.90 Å². The number of rotatable bonds is 7. The first-order valence-electron chi connectivity index (χ1n) is 11.5. The number of anilines is 1. The number of hydrogen-bond acceptors (Lipinski definition) is 9. The summed E-state index contributed by atoms with van der Waals surface area (Å²) in [6.45, 7) is 2.15. The fraction of sp³-hybridized carbons (Fsp3) is 0.667. The second-order valence-corrected chi connectivity index (χ2v) is 12.0. The molecule has 2 aromatic heterocycles. The standard InChI is InChI=1S/C21H28F4N6O3S2/c1-34-14-5-7-30(8-6-14)12-16-28-19(21(23,24)25)18(35-16)17-15(22)11-26-20(29-17)27-13-3-9-31(10-4-13)36(2,32)33/h11,13-14H,3-10,12H2,1-2H3,(H,26,27,29). The maximum Gasteiger partial charge on any atom is 0.434 e. The molecule has 0 aliphatic carbocycles. The lowest BCUT2D eigenvalue weighted by Crippen LogP contribution is -2.42. The number of halogens is 4. The minimum Gasteiger partial charge on any atom is -0.381 e. The highest BCUT2D eigenvalue weighted by Gasteiger charge is 2.39. The van der Waals surface area contributed by atoms with Gasteiger partial charge in [0, 0.05) is 39.3 Å². The van der Waals surface area contributed by atoms with Crippen LogP contribution in [-0.2, 0) is 27.5 Å². The predicted molar refractivity (Wildman–Crippen MR) is 126 cm³/mol. The summed E-state index contributed by atoms with van der Waals surface area (Å²) in [4.78, 5) is 13.4. The Morgan fingerprint density at radius 2 is 1.81 bits per heavy atom. The van der Waals surface area contributed by atoms with Gasteiger partial charge in [0.2, 0.25) is 16.0 Å². The summed E-state index contributed by atoms with van der Waals surface area (Å²) in [6.07, 6.45) is -0.193. The normalized spacial score (nSPS) is 19.6. The van der Waals surface area contributed by atoms with Crippen molar-refractivity contribution >= 4 is 27.3 Å². The van der Waals surface area contributed by atoms with Crippen molar-refractivity contribution in [1.29, 1.82) is 0 Å². The number of hydrogen-bond donors (Lipinski definition) is 1. The zero-order chi connectivity index (χ0) is 26.1. The van der Waals surface area contributed by atoms with E-state index < -0.39 is 33.4 Å². The van der Waals surface area contributed by atoms with Crippen LogP contribution in [0.25, 0.3) is 10.6 Å². The van der Waals surface area contributed by atoms with Gasteiger partial charge in [0.25, 0.3) is 0 Å². The number of nitrogens with one attached hydrogen (secondary N) is 1. The quantitative estimate of drug-likeness (QED) is 0.523. The highest BCUT2D eigenvalue weighted by Crippen LogP contribution is 2.41. The number of methoxy groups -OCH3 is 1. The lowest BCUT2D eigenvalue weighted by molar-refractivity contribution is -0.140. The van der Waals surface area contributed by atoms with Gasteiger partial charge in [-0.2, -0.15) is 13.2 Å². The number of likely N-dealkylation sites (tertiary alicyclic amines) is 1. The number of thiazole rings is 1. The summed E-state index contributed by atoms with van der Waals surface area (Å²) >= 11 is 0.776.